The first-order chi connectivity index (χ1) is 16.0. The molecule has 0 radical (unpaired) electrons. The second kappa shape index (κ2) is 10.8. The Morgan fingerprint density at radius 1 is 0.618 bits per heavy atom. The molecule has 0 aliphatic heterocycles. The van der Waals surface area contributed by atoms with Gasteiger partial charge < -0.3 is 5.73 Å². The van der Waals surface area contributed by atoms with Crippen molar-refractivity contribution in [2.24, 2.45) is 11.7 Å². The summed E-state index contributed by atoms with van der Waals surface area (Å²) < 4.78 is 51.7. The van der Waals surface area contributed by atoms with Crippen LogP contribution in [0.15, 0.2) is 84.9 Å². The van der Waals surface area contributed by atoms with E-state index in [1.807, 2.05) is 0 Å². The first-order valence-corrected chi connectivity index (χ1v) is 14.1. The van der Waals surface area contributed by atoms with Gasteiger partial charge in [-0.25, -0.2) is 16.8 Å². The fourth-order valence-electron chi connectivity index (χ4n) is 3.62. The third-order valence-electron chi connectivity index (χ3n) is 5.19. The van der Waals surface area contributed by atoms with E-state index in [1.54, 1.807) is 60.7 Å². The van der Waals surface area contributed by atoms with Crippen molar-refractivity contribution >= 4 is 31.4 Å². The summed E-state index contributed by atoms with van der Waals surface area (Å²) in [6.07, 6.45) is 0. The molecule has 0 heterocycles. The number of Topliss-reactive ketones (excluding diaryl/α,β-unsaturated/α-hetero) is 1. The Morgan fingerprint density at radius 3 is 1.38 bits per heavy atom. The van der Waals surface area contributed by atoms with Crippen LogP contribution in [0.1, 0.15) is 31.8 Å². The van der Waals surface area contributed by atoms with Gasteiger partial charge in [0.05, 0.1) is 28.9 Å². The van der Waals surface area contributed by atoms with Crippen molar-refractivity contribution in [1.82, 2.24) is 0 Å². The number of sulfone groups is 2. The van der Waals surface area contributed by atoms with E-state index in [0.29, 0.717) is 11.1 Å². The van der Waals surface area contributed by atoms with Crippen LogP contribution in [0.25, 0.3) is 0 Å². The zero-order valence-electron chi connectivity index (χ0n) is 18.3. The molecule has 0 saturated carbocycles. The average molecular weight is 500 g/mol. The van der Waals surface area contributed by atoms with Crippen LogP contribution in [0.3, 0.4) is 0 Å². The molecule has 3 aromatic carbocycles. The number of hydrogen-bond donors (Lipinski definition) is 1. The highest BCUT2D eigenvalue weighted by molar-refractivity contribution is 7.91. The van der Waals surface area contributed by atoms with Gasteiger partial charge in [-0.3, -0.25) is 9.59 Å². The summed E-state index contributed by atoms with van der Waals surface area (Å²) in [7, 11) is -7.63. The Labute approximate surface area is 199 Å². The summed E-state index contributed by atoms with van der Waals surface area (Å²) >= 11 is 0. The quantitative estimate of drug-likeness (QED) is 0.404. The molecule has 3 aromatic rings. The standard InChI is InChI=1S/C25H25NO6S2/c26-25(28)22-13-11-21(12-14-22)24(27)23(17-33(29,30)15-19-7-3-1-4-8-19)18-34(31,32)16-20-9-5-2-6-10-20/h1-14,23H,15-18H2,(H2,26,28). The minimum absolute atomic E-state index is 0.111. The Hall–Kier alpha value is -3.30. The van der Waals surface area contributed by atoms with Gasteiger partial charge in [0.15, 0.2) is 25.5 Å². The van der Waals surface area contributed by atoms with Crippen LogP contribution in [0.5, 0.6) is 0 Å². The predicted octanol–water partition coefficient (Wildman–Crippen LogP) is 2.81. The lowest BCUT2D eigenvalue weighted by molar-refractivity contribution is 0.0939. The summed E-state index contributed by atoms with van der Waals surface area (Å²) in [6, 6.07) is 22.4. The van der Waals surface area contributed by atoms with E-state index in [9.17, 15) is 26.4 Å². The molecule has 34 heavy (non-hydrogen) atoms. The molecule has 178 valence electrons. The van der Waals surface area contributed by atoms with Crippen molar-refractivity contribution in [2.75, 3.05) is 11.5 Å². The van der Waals surface area contributed by atoms with Gasteiger partial charge in [0.25, 0.3) is 0 Å². The maximum atomic E-state index is 13.2. The number of hydrogen-bond acceptors (Lipinski definition) is 6. The molecule has 0 aliphatic carbocycles. The van der Waals surface area contributed by atoms with E-state index in [2.05, 4.69) is 0 Å². The smallest absolute Gasteiger partial charge is 0.248 e. The van der Waals surface area contributed by atoms with Gasteiger partial charge in [-0.05, 0) is 23.3 Å². The third-order valence-corrected chi connectivity index (χ3v) is 8.56. The maximum absolute atomic E-state index is 13.2. The van der Waals surface area contributed by atoms with Gasteiger partial charge in [-0.15, -0.1) is 0 Å². The van der Waals surface area contributed by atoms with Gasteiger partial charge >= 0.3 is 0 Å². The lowest BCUT2D eigenvalue weighted by atomic mass is 9.99. The van der Waals surface area contributed by atoms with E-state index in [-0.39, 0.29) is 22.6 Å². The predicted molar refractivity (Wildman–Crippen MR) is 131 cm³/mol. The molecule has 0 unspecified atom stereocenters. The van der Waals surface area contributed by atoms with Crippen molar-refractivity contribution in [3.8, 4) is 0 Å². The van der Waals surface area contributed by atoms with Crippen molar-refractivity contribution < 1.29 is 26.4 Å². The number of ketones is 1. The van der Waals surface area contributed by atoms with Gasteiger partial charge in [-0.1, -0.05) is 72.8 Å². The molecule has 7 nitrogen and oxygen atoms in total. The molecule has 0 saturated heterocycles. The van der Waals surface area contributed by atoms with Crippen LogP contribution in [0.2, 0.25) is 0 Å². The largest absolute Gasteiger partial charge is 0.366 e. The lowest BCUT2D eigenvalue weighted by Crippen LogP contribution is -2.32. The van der Waals surface area contributed by atoms with Crippen molar-refractivity contribution in [1.29, 1.82) is 0 Å². The zero-order valence-corrected chi connectivity index (χ0v) is 20.0. The van der Waals surface area contributed by atoms with Crippen LogP contribution < -0.4 is 5.73 Å². The average Bonchev–Trinajstić information content (AvgIpc) is 2.78. The number of primary amides is 1. The number of benzene rings is 3. The van der Waals surface area contributed by atoms with Crippen molar-refractivity contribution in [3.05, 3.63) is 107 Å². The highest BCUT2D eigenvalue weighted by Crippen LogP contribution is 2.19. The highest BCUT2D eigenvalue weighted by Gasteiger charge is 2.31. The van der Waals surface area contributed by atoms with E-state index in [0.717, 1.165) is 0 Å². The molecule has 2 N–H and O–H groups in total. The van der Waals surface area contributed by atoms with E-state index >= 15 is 0 Å². The SMILES string of the molecule is NC(=O)c1ccc(C(=O)C(CS(=O)(=O)Cc2ccccc2)CS(=O)(=O)Cc2ccccc2)cc1. The highest BCUT2D eigenvalue weighted by atomic mass is 32.2. The molecule has 3 rings (SSSR count). The van der Waals surface area contributed by atoms with Gasteiger partial charge in [-0.2, -0.15) is 0 Å². The zero-order chi connectivity index (χ0) is 24.8. The van der Waals surface area contributed by atoms with E-state index in [4.69, 9.17) is 5.73 Å². The van der Waals surface area contributed by atoms with Gasteiger partial charge in [0.1, 0.15) is 0 Å². The summed E-state index contributed by atoms with van der Waals surface area (Å²) in [5, 5.41) is 0. The lowest BCUT2D eigenvalue weighted by Gasteiger charge is -2.17. The Morgan fingerprint density at radius 2 is 1.00 bits per heavy atom. The fraction of sp³-hybridized carbons (Fsp3) is 0.200. The molecule has 0 aromatic heterocycles. The number of carbonyl (C=O) groups is 2. The topological polar surface area (TPSA) is 128 Å². The first-order valence-electron chi connectivity index (χ1n) is 10.5. The van der Waals surface area contributed by atoms with Crippen LogP contribution in [0, 0.1) is 5.92 Å². The van der Waals surface area contributed by atoms with E-state index in [1.165, 1.54) is 24.3 Å². The maximum Gasteiger partial charge on any atom is 0.248 e. The van der Waals surface area contributed by atoms with Crippen LogP contribution in [-0.2, 0) is 31.2 Å². The molecule has 9 heteroatoms. The number of rotatable bonds is 11. The summed E-state index contributed by atoms with van der Waals surface area (Å²) in [6.45, 7) is 0. The molecule has 0 bridgehead atoms. The minimum Gasteiger partial charge on any atom is -0.366 e. The van der Waals surface area contributed by atoms with Gasteiger partial charge in [0.2, 0.25) is 5.91 Å². The van der Waals surface area contributed by atoms with E-state index < -0.39 is 48.8 Å². The molecular weight excluding hydrogens is 474 g/mol. The Balaban J connectivity index is 1.88. The monoisotopic (exact) mass is 499 g/mol. The first kappa shape index (κ1) is 25.3. The number of nitrogens with two attached hydrogens (primary N) is 1. The minimum atomic E-state index is -3.81. The molecule has 0 atom stereocenters. The Kier molecular flexibility index (Phi) is 8.01. The second-order valence-electron chi connectivity index (χ2n) is 8.08. The molecule has 1 amide bonds. The molecule has 0 aliphatic rings. The number of carbonyl (C=O) groups excluding carboxylic acids is 2. The van der Waals surface area contributed by atoms with Crippen LogP contribution in [-0.4, -0.2) is 40.0 Å². The van der Waals surface area contributed by atoms with Crippen molar-refractivity contribution in [3.63, 3.8) is 0 Å². The normalized spacial score (nSPS) is 11.9. The summed E-state index contributed by atoms with van der Waals surface area (Å²) in [4.78, 5) is 24.6. The molecule has 0 fully saturated rings. The third kappa shape index (κ3) is 7.36. The second-order valence-corrected chi connectivity index (χ2v) is 12.3. The summed E-state index contributed by atoms with van der Waals surface area (Å²) in [5.41, 5.74) is 6.62. The number of amides is 1. The summed E-state index contributed by atoms with van der Waals surface area (Å²) in [5.74, 6) is -4.45. The van der Waals surface area contributed by atoms with Gasteiger partial charge in [0, 0.05) is 11.1 Å². The molecular formula is C25H25NO6S2. The van der Waals surface area contributed by atoms with Crippen molar-refractivity contribution in [2.45, 2.75) is 11.5 Å². The molecule has 0 spiro atoms. The Bertz CT molecular complexity index is 1280. The van der Waals surface area contributed by atoms with Crippen LogP contribution >= 0.6 is 0 Å². The fourth-order valence-corrected chi connectivity index (χ4v) is 7.17. The van der Waals surface area contributed by atoms with Crippen LogP contribution in [0.4, 0.5) is 0 Å².